The van der Waals surface area contributed by atoms with Gasteiger partial charge in [0, 0.05) is 17.6 Å². The SMILES string of the molecule is C=CCNC(CC(=O)OC)C(O)c1ccc(Cl)c(C)c1. The van der Waals surface area contributed by atoms with Crippen LogP contribution in [-0.2, 0) is 9.53 Å². The Bertz CT molecular complexity index is 476. The topological polar surface area (TPSA) is 58.6 Å². The number of aliphatic hydroxyl groups is 1. The van der Waals surface area contributed by atoms with Gasteiger partial charge in [-0.15, -0.1) is 6.58 Å². The Morgan fingerprint density at radius 3 is 2.85 bits per heavy atom. The first-order valence-corrected chi connectivity index (χ1v) is 6.72. The Kier molecular flexibility index (Phi) is 6.71. The van der Waals surface area contributed by atoms with Crippen molar-refractivity contribution in [1.82, 2.24) is 5.32 Å². The molecule has 0 saturated heterocycles. The molecule has 0 heterocycles. The van der Waals surface area contributed by atoms with E-state index in [4.69, 9.17) is 11.6 Å². The van der Waals surface area contributed by atoms with Gasteiger partial charge >= 0.3 is 5.97 Å². The number of esters is 1. The minimum absolute atomic E-state index is 0.0766. The average molecular weight is 298 g/mol. The summed E-state index contributed by atoms with van der Waals surface area (Å²) in [4.78, 5) is 11.4. The van der Waals surface area contributed by atoms with Gasteiger partial charge in [0.05, 0.1) is 19.6 Å². The van der Waals surface area contributed by atoms with E-state index in [2.05, 4.69) is 16.6 Å². The van der Waals surface area contributed by atoms with Crippen molar-refractivity contribution in [2.45, 2.75) is 25.5 Å². The lowest BCUT2D eigenvalue weighted by Gasteiger charge is -2.23. The Balaban J connectivity index is 2.89. The lowest BCUT2D eigenvalue weighted by atomic mass is 9.98. The van der Waals surface area contributed by atoms with Crippen molar-refractivity contribution in [2.24, 2.45) is 0 Å². The number of carbonyl (C=O) groups is 1. The van der Waals surface area contributed by atoms with Gasteiger partial charge in [0.25, 0.3) is 0 Å². The second-order valence-electron chi connectivity index (χ2n) is 4.54. The minimum atomic E-state index is -0.829. The second kappa shape index (κ2) is 8.04. The molecule has 0 fully saturated rings. The number of methoxy groups -OCH3 is 1. The molecule has 2 N–H and O–H groups in total. The lowest BCUT2D eigenvalue weighted by molar-refractivity contribution is -0.142. The van der Waals surface area contributed by atoms with Gasteiger partial charge in [-0.1, -0.05) is 29.8 Å². The highest BCUT2D eigenvalue weighted by Crippen LogP contribution is 2.24. The molecule has 0 amide bonds. The van der Waals surface area contributed by atoms with Gasteiger partial charge in [0.1, 0.15) is 0 Å². The van der Waals surface area contributed by atoms with Crippen LogP contribution >= 0.6 is 11.6 Å². The molecule has 1 aromatic carbocycles. The highest BCUT2D eigenvalue weighted by Gasteiger charge is 2.23. The molecule has 1 rings (SSSR count). The third-order valence-corrected chi connectivity index (χ3v) is 3.47. The van der Waals surface area contributed by atoms with E-state index in [1.807, 2.05) is 13.0 Å². The van der Waals surface area contributed by atoms with Crippen LogP contribution in [0.15, 0.2) is 30.9 Å². The van der Waals surface area contributed by atoms with Gasteiger partial charge in [0.15, 0.2) is 0 Å². The highest BCUT2D eigenvalue weighted by molar-refractivity contribution is 6.31. The first-order chi connectivity index (χ1) is 9.49. The Morgan fingerprint density at radius 2 is 2.30 bits per heavy atom. The molecule has 2 unspecified atom stereocenters. The number of hydrogen-bond acceptors (Lipinski definition) is 4. The fourth-order valence-electron chi connectivity index (χ4n) is 1.88. The zero-order valence-electron chi connectivity index (χ0n) is 11.7. The predicted molar refractivity (Wildman–Crippen MR) is 79.8 cm³/mol. The molecule has 20 heavy (non-hydrogen) atoms. The molecular weight excluding hydrogens is 278 g/mol. The molecular formula is C15H20ClNO3. The van der Waals surface area contributed by atoms with E-state index in [0.717, 1.165) is 5.56 Å². The van der Waals surface area contributed by atoms with Gasteiger partial charge in [0.2, 0.25) is 0 Å². The maximum absolute atomic E-state index is 11.4. The van der Waals surface area contributed by atoms with Gasteiger partial charge in [-0.05, 0) is 24.1 Å². The zero-order valence-corrected chi connectivity index (χ0v) is 12.5. The summed E-state index contributed by atoms with van der Waals surface area (Å²) in [6, 6.07) is 4.85. The number of benzene rings is 1. The smallest absolute Gasteiger partial charge is 0.307 e. The summed E-state index contributed by atoms with van der Waals surface area (Å²) in [6.45, 7) is 5.97. The fourth-order valence-corrected chi connectivity index (χ4v) is 1.99. The quantitative estimate of drug-likeness (QED) is 0.599. The van der Waals surface area contributed by atoms with Crippen LogP contribution in [0.4, 0.5) is 0 Å². The maximum atomic E-state index is 11.4. The van der Waals surface area contributed by atoms with Crippen LogP contribution in [0.5, 0.6) is 0 Å². The van der Waals surface area contributed by atoms with E-state index in [9.17, 15) is 9.90 Å². The van der Waals surface area contributed by atoms with Gasteiger partial charge < -0.3 is 15.2 Å². The van der Waals surface area contributed by atoms with E-state index >= 15 is 0 Å². The summed E-state index contributed by atoms with van der Waals surface area (Å²) in [6.07, 6.45) is 0.919. The molecule has 0 aliphatic carbocycles. The van der Waals surface area contributed by atoms with Crippen LogP contribution in [0.2, 0.25) is 5.02 Å². The number of rotatable bonds is 7. The van der Waals surface area contributed by atoms with E-state index in [-0.39, 0.29) is 12.4 Å². The maximum Gasteiger partial charge on any atom is 0.307 e. The molecule has 0 aliphatic rings. The van der Waals surface area contributed by atoms with Crippen molar-refractivity contribution in [1.29, 1.82) is 0 Å². The van der Waals surface area contributed by atoms with Crippen molar-refractivity contribution < 1.29 is 14.6 Å². The standard InChI is InChI=1S/C15H20ClNO3/c1-4-7-17-13(9-14(18)20-3)15(19)11-5-6-12(16)10(2)8-11/h4-6,8,13,15,17,19H,1,7,9H2,2-3H3. The van der Waals surface area contributed by atoms with E-state index in [1.54, 1.807) is 18.2 Å². The summed E-state index contributed by atoms with van der Waals surface area (Å²) in [7, 11) is 1.33. The number of nitrogens with one attached hydrogen (secondary N) is 1. The average Bonchev–Trinajstić information content (AvgIpc) is 2.45. The Hall–Kier alpha value is -1.36. The largest absolute Gasteiger partial charge is 0.469 e. The van der Waals surface area contributed by atoms with Crippen LogP contribution < -0.4 is 5.32 Å². The number of ether oxygens (including phenoxy) is 1. The first kappa shape index (κ1) is 16.7. The summed E-state index contributed by atoms with van der Waals surface area (Å²) >= 11 is 5.97. The molecule has 0 saturated carbocycles. The molecule has 0 aliphatic heterocycles. The van der Waals surface area contributed by atoms with Crippen molar-refractivity contribution in [3.05, 3.63) is 47.0 Å². The zero-order chi connectivity index (χ0) is 15.1. The molecule has 2 atom stereocenters. The van der Waals surface area contributed by atoms with Crippen molar-refractivity contribution in [2.75, 3.05) is 13.7 Å². The van der Waals surface area contributed by atoms with Crippen molar-refractivity contribution in [3.8, 4) is 0 Å². The third kappa shape index (κ3) is 4.63. The molecule has 110 valence electrons. The third-order valence-electron chi connectivity index (χ3n) is 3.04. The molecule has 4 nitrogen and oxygen atoms in total. The first-order valence-electron chi connectivity index (χ1n) is 6.34. The normalized spacial score (nSPS) is 13.6. The van der Waals surface area contributed by atoms with Crippen LogP contribution in [0.25, 0.3) is 0 Å². The van der Waals surface area contributed by atoms with E-state index in [0.29, 0.717) is 17.1 Å². The lowest BCUT2D eigenvalue weighted by Crippen LogP contribution is -2.37. The highest BCUT2D eigenvalue weighted by atomic mass is 35.5. The predicted octanol–water partition coefficient (Wildman–Crippen LogP) is 2.39. The van der Waals surface area contributed by atoms with Crippen molar-refractivity contribution in [3.63, 3.8) is 0 Å². The van der Waals surface area contributed by atoms with Gasteiger partial charge in [-0.3, -0.25) is 4.79 Å². The number of aliphatic hydroxyl groups excluding tert-OH is 1. The van der Waals surface area contributed by atoms with E-state index in [1.165, 1.54) is 7.11 Å². The summed E-state index contributed by atoms with van der Waals surface area (Å²) < 4.78 is 4.65. The van der Waals surface area contributed by atoms with Crippen LogP contribution in [-0.4, -0.2) is 30.8 Å². The molecule has 5 heteroatoms. The van der Waals surface area contributed by atoms with Crippen LogP contribution in [0, 0.1) is 6.92 Å². The van der Waals surface area contributed by atoms with Gasteiger partial charge in [-0.2, -0.15) is 0 Å². The van der Waals surface area contributed by atoms with Crippen LogP contribution in [0.1, 0.15) is 23.7 Å². The summed E-state index contributed by atoms with van der Waals surface area (Å²) in [5.74, 6) is -0.378. The number of carbonyl (C=O) groups excluding carboxylic acids is 1. The molecule has 0 radical (unpaired) electrons. The Labute approximate surface area is 124 Å². The van der Waals surface area contributed by atoms with Crippen molar-refractivity contribution >= 4 is 17.6 Å². The van der Waals surface area contributed by atoms with E-state index < -0.39 is 12.1 Å². The molecule has 0 spiro atoms. The molecule has 0 bridgehead atoms. The molecule has 1 aromatic rings. The molecule has 0 aromatic heterocycles. The summed E-state index contributed by atoms with van der Waals surface area (Å²) in [5, 5.41) is 14.1. The number of halogens is 1. The van der Waals surface area contributed by atoms with Gasteiger partial charge in [-0.25, -0.2) is 0 Å². The Morgan fingerprint density at radius 1 is 1.60 bits per heavy atom. The minimum Gasteiger partial charge on any atom is -0.469 e. The summed E-state index contributed by atoms with van der Waals surface area (Å²) in [5.41, 5.74) is 1.58. The monoisotopic (exact) mass is 297 g/mol. The van der Waals surface area contributed by atoms with Crippen LogP contribution in [0.3, 0.4) is 0 Å². The number of aryl methyl sites for hydroxylation is 1. The number of hydrogen-bond donors (Lipinski definition) is 2. The second-order valence-corrected chi connectivity index (χ2v) is 4.94. The fraction of sp³-hybridized carbons (Fsp3) is 0.400.